The number of likely N-dealkylation sites (tertiary alicyclic amines) is 1. The molecule has 0 saturated carbocycles. The minimum absolute atomic E-state index is 0.388. The van der Waals surface area contributed by atoms with E-state index in [1.54, 1.807) is 0 Å². The molecule has 0 aliphatic carbocycles. The van der Waals surface area contributed by atoms with Gasteiger partial charge in [0.2, 0.25) is 0 Å². The highest BCUT2D eigenvalue weighted by Crippen LogP contribution is 2.44. The molecule has 0 bridgehead atoms. The average molecular weight is 372 g/mol. The predicted molar refractivity (Wildman–Crippen MR) is 115 cm³/mol. The third kappa shape index (κ3) is 3.76. The second-order valence-corrected chi connectivity index (χ2v) is 7.71. The van der Waals surface area contributed by atoms with E-state index in [4.69, 9.17) is 4.74 Å². The third-order valence-corrected chi connectivity index (χ3v) is 6.14. The van der Waals surface area contributed by atoms with Crippen molar-refractivity contribution in [3.05, 3.63) is 108 Å². The molecular formula is C26H29NO. The van der Waals surface area contributed by atoms with Crippen LogP contribution in [0, 0.1) is 5.92 Å². The van der Waals surface area contributed by atoms with E-state index in [1.165, 1.54) is 16.7 Å². The molecule has 0 unspecified atom stereocenters. The summed E-state index contributed by atoms with van der Waals surface area (Å²) in [6, 6.07) is 32.3. The van der Waals surface area contributed by atoms with Gasteiger partial charge >= 0.3 is 0 Å². The van der Waals surface area contributed by atoms with Gasteiger partial charge in [0, 0.05) is 13.7 Å². The number of hydrogen-bond donors (Lipinski definition) is 0. The zero-order valence-corrected chi connectivity index (χ0v) is 16.6. The number of methoxy groups -OCH3 is 1. The molecule has 1 heterocycles. The van der Waals surface area contributed by atoms with Gasteiger partial charge in [0.05, 0.1) is 0 Å². The highest BCUT2D eigenvalue weighted by Gasteiger charge is 2.43. The number of benzene rings is 3. The first-order chi connectivity index (χ1) is 13.8. The van der Waals surface area contributed by atoms with Crippen molar-refractivity contribution in [2.24, 2.45) is 5.92 Å². The van der Waals surface area contributed by atoms with Crippen LogP contribution in [0.4, 0.5) is 0 Å². The van der Waals surface area contributed by atoms with Gasteiger partial charge in [0.25, 0.3) is 0 Å². The molecule has 2 nitrogen and oxygen atoms in total. The van der Waals surface area contributed by atoms with Crippen LogP contribution in [0.5, 0.6) is 0 Å². The fourth-order valence-corrected chi connectivity index (χ4v) is 4.75. The fourth-order valence-electron chi connectivity index (χ4n) is 4.75. The van der Waals surface area contributed by atoms with Crippen LogP contribution in [0.25, 0.3) is 0 Å². The number of nitrogens with zero attached hydrogens (tertiary/aromatic N) is 1. The summed E-state index contributed by atoms with van der Waals surface area (Å²) in [6.45, 7) is 3.24. The summed E-state index contributed by atoms with van der Waals surface area (Å²) in [4.78, 5) is 2.57. The van der Waals surface area contributed by atoms with Crippen LogP contribution in [0.2, 0.25) is 0 Å². The first kappa shape index (κ1) is 18.9. The van der Waals surface area contributed by atoms with Crippen LogP contribution in [-0.4, -0.2) is 25.1 Å². The molecule has 1 aliphatic rings. The van der Waals surface area contributed by atoms with E-state index in [2.05, 4.69) is 95.9 Å². The Morgan fingerprint density at radius 2 is 1.21 bits per heavy atom. The van der Waals surface area contributed by atoms with E-state index in [9.17, 15) is 0 Å². The second kappa shape index (κ2) is 8.72. The summed E-state index contributed by atoms with van der Waals surface area (Å²) in [5, 5.41) is 0. The lowest BCUT2D eigenvalue weighted by Crippen LogP contribution is -2.45. The molecule has 28 heavy (non-hydrogen) atoms. The lowest BCUT2D eigenvalue weighted by atomic mass is 9.71. The molecule has 2 heteroatoms. The molecule has 0 N–H and O–H groups in total. The van der Waals surface area contributed by atoms with Crippen LogP contribution in [0.1, 0.15) is 29.5 Å². The summed E-state index contributed by atoms with van der Waals surface area (Å²) >= 11 is 0. The van der Waals surface area contributed by atoms with Gasteiger partial charge in [-0.2, -0.15) is 0 Å². The standard InChI is InChI=1S/C26H29NO/c1-28-26(23-13-7-3-8-14-23,24-15-9-4-10-16-24)25-17-19-27(20-18-25)21-22-11-5-2-6-12-22/h2-16,25H,17-21H2,1H3. The predicted octanol–water partition coefficient (Wildman–Crippen LogP) is 5.49. The summed E-state index contributed by atoms with van der Waals surface area (Å²) in [5.74, 6) is 0.453. The van der Waals surface area contributed by atoms with E-state index in [0.29, 0.717) is 5.92 Å². The van der Waals surface area contributed by atoms with Crippen molar-refractivity contribution in [3.8, 4) is 0 Å². The van der Waals surface area contributed by atoms with Crippen molar-refractivity contribution in [2.75, 3.05) is 20.2 Å². The van der Waals surface area contributed by atoms with E-state index >= 15 is 0 Å². The Bertz CT molecular complexity index is 800. The van der Waals surface area contributed by atoms with E-state index < -0.39 is 0 Å². The monoisotopic (exact) mass is 371 g/mol. The molecule has 4 rings (SSSR count). The van der Waals surface area contributed by atoms with E-state index in [1.807, 2.05) is 7.11 Å². The Kier molecular flexibility index (Phi) is 5.90. The molecule has 1 saturated heterocycles. The Balaban J connectivity index is 1.58. The van der Waals surface area contributed by atoms with Crippen LogP contribution >= 0.6 is 0 Å². The van der Waals surface area contributed by atoms with Crippen LogP contribution in [0.3, 0.4) is 0 Å². The van der Waals surface area contributed by atoms with Gasteiger partial charge in [-0.25, -0.2) is 0 Å². The quantitative estimate of drug-likeness (QED) is 0.568. The molecule has 0 aromatic heterocycles. The summed E-state index contributed by atoms with van der Waals surface area (Å²) in [7, 11) is 1.87. The Labute approximate surface area is 168 Å². The fraction of sp³-hybridized carbons (Fsp3) is 0.308. The smallest absolute Gasteiger partial charge is 0.121 e. The highest BCUT2D eigenvalue weighted by atomic mass is 16.5. The Morgan fingerprint density at radius 3 is 1.68 bits per heavy atom. The molecule has 1 aliphatic heterocycles. The van der Waals surface area contributed by atoms with Gasteiger partial charge in [0.15, 0.2) is 0 Å². The Morgan fingerprint density at radius 1 is 0.750 bits per heavy atom. The molecule has 0 spiro atoms. The van der Waals surface area contributed by atoms with Gasteiger partial charge in [-0.3, -0.25) is 4.90 Å². The van der Waals surface area contributed by atoms with Crippen molar-refractivity contribution >= 4 is 0 Å². The zero-order chi connectivity index (χ0) is 19.2. The minimum Gasteiger partial charge on any atom is -0.368 e. The molecule has 0 amide bonds. The zero-order valence-electron chi connectivity index (χ0n) is 16.6. The Hall–Kier alpha value is -2.42. The molecular weight excluding hydrogens is 342 g/mol. The van der Waals surface area contributed by atoms with Crippen LogP contribution < -0.4 is 0 Å². The topological polar surface area (TPSA) is 12.5 Å². The maximum Gasteiger partial charge on any atom is 0.121 e. The molecule has 0 radical (unpaired) electrons. The van der Waals surface area contributed by atoms with Crippen molar-refractivity contribution in [1.29, 1.82) is 0 Å². The lowest BCUT2D eigenvalue weighted by molar-refractivity contribution is -0.0514. The summed E-state index contributed by atoms with van der Waals surface area (Å²) < 4.78 is 6.38. The summed E-state index contributed by atoms with van der Waals surface area (Å²) in [6.07, 6.45) is 2.26. The maximum absolute atomic E-state index is 6.38. The maximum atomic E-state index is 6.38. The SMILES string of the molecule is COC(c1ccccc1)(c1ccccc1)C1CCN(Cc2ccccc2)CC1. The lowest BCUT2D eigenvalue weighted by Gasteiger charge is -2.44. The third-order valence-electron chi connectivity index (χ3n) is 6.14. The van der Waals surface area contributed by atoms with Crippen molar-refractivity contribution in [2.45, 2.75) is 25.0 Å². The van der Waals surface area contributed by atoms with Crippen LogP contribution in [0.15, 0.2) is 91.0 Å². The van der Waals surface area contributed by atoms with E-state index in [0.717, 1.165) is 32.5 Å². The summed E-state index contributed by atoms with van der Waals surface area (Å²) in [5.41, 5.74) is 3.52. The van der Waals surface area contributed by atoms with Crippen molar-refractivity contribution in [1.82, 2.24) is 4.90 Å². The number of ether oxygens (including phenoxy) is 1. The number of rotatable bonds is 6. The molecule has 0 atom stereocenters. The van der Waals surface area contributed by atoms with Gasteiger partial charge in [-0.15, -0.1) is 0 Å². The van der Waals surface area contributed by atoms with Crippen molar-refractivity contribution < 1.29 is 4.74 Å². The highest BCUT2D eigenvalue weighted by molar-refractivity contribution is 5.37. The number of piperidine rings is 1. The van der Waals surface area contributed by atoms with Crippen LogP contribution in [-0.2, 0) is 16.9 Å². The van der Waals surface area contributed by atoms with E-state index in [-0.39, 0.29) is 5.60 Å². The molecule has 3 aromatic carbocycles. The number of hydrogen-bond acceptors (Lipinski definition) is 2. The normalized spacial score (nSPS) is 16.2. The first-order valence-corrected chi connectivity index (χ1v) is 10.3. The van der Waals surface area contributed by atoms with Crippen molar-refractivity contribution in [3.63, 3.8) is 0 Å². The minimum atomic E-state index is -0.388. The molecule has 144 valence electrons. The van der Waals surface area contributed by atoms with Gasteiger partial charge in [0.1, 0.15) is 5.60 Å². The van der Waals surface area contributed by atoms with Gasteiger partial charge in [-0.05, 0) is 48.5 Å². The van der Waals surface area contributed by atoms with Gasteiger partial charge in [-0.1, -0.05) is 91.0 Å². The average Bonchev–Trinajstić information content (AvgIpc) is 2.78. The van der Waals surface area contributed by atoms with Gasteiger partial charge < -0.3 is 4.74 Å². The molecule has 1 fully saturated rings. The first-order valence-electron chi connectivity index (χ1n) is 10.3. The largest absolute Gasteiger partial charge is 0.368 e. The molecule has 3 aromatic rings. The second-order valence-electron chi connectivity index (χ2n) is 7.71.